The van der Waals surface area contributed by atoms with Gasteiger partial charge in [-0.25, -0.2) is 13.4 Å². The van der Waals surface area contributed by atoms with Crippen LogP contribution in [-0.2, 0) is 16.4 Å². The van der Waals surface area contributed by atoms with Crippen LogP contribution in [0.4, 0.5) is 5.82 Å². The zero-order chi connectivity index (χ0) is 13.0. The third-order valence-electron chi connectivity index (χ3n) is 2.42. The summed E-state index contributed by atoms with van der Waals surface area (Å²) in [5.74, 6) is 0.208. The summed E-state index contributed by atoms with van der Waals surface area (Å²) in [6, 6.07) is 6.82. The summed E-state index contributed by atoms with van der Waals surface area (Å²) in [7, 11) is -3.60. The monoisotopic (exact) mass is 263 g/mol. The SMILES string of the molecule is CCc1cccc(S(=O)(=O)Nc2cnccn2)c1. The van der Waals surface area contributed by atoms with Gasteiger partial charge in [-0.1, -0.05) is 19.1 Å². The molecule has 94 valence electrons. The fourth-order valence-electron chi connectivity index (χ4n) is 1.48. The molecule has 1 heterocycles. The number of hydrogen-bond acceptors (Lipinski definition) is 4. The van der Waals surface area contributed by atoms with Crippen LogP contribution in [0.2, 0.25) is 0 Å². The van der Waals surface area contributed by atoms with E-state index in [4.69, 9.17) is 0 Å². The maximum atomic E-state index is 12.1. The molecule has 1 N–H and O–H groups in total. The minimum absolute atomic E-state index is 0.208. The van der Waals surface area contributed by atoms with E-state index in [2.05, 4.69) is 14.7 Å². The number of nitrogens with one attached hydrogen (secondary N) is 1. The van der Waals surface area contributed by atoms with Crippen LogP contribution in [0.25, 0.3) is 0 Å². The number of benzene rings is 1. The van der Waals surface area contributed by atoms with Crippen molar-refractivity contribution in [2.24, 2.45) is 0 Å². The molecule has 5 nitrogen and oxygen atoms in total. The van der Waals surface area contributed by atoms with E-state index in [0.29, 0.717) is 0 Å². The summed E-state index contributed by atoms with van der Waals surface area (Å²) in [6.45, 7) is 1.97. The number of hydrogen-bond donors (Lipinski definition) is 1. The second-order valence-corrected chi connectivity index (χ2v) is 5.38. The lowest BCUT2D eigenvalue weighted by molar-refractivity contribution is 0.601. The van der Waals surface area contributed by atoms with Crippen LogP contribution < -0.4 is 4.72 Å². The molecule has 2 rings (SSSR count). The quantitative estimate of drug-likeness (QED) is 0.913. The third kappa shape index (κ3) is 2.84. The lowest BCUT2D eigenvalue weighted by atomic mass is 10.2. The Morgan fingerprint density at radius 2 is 2.11 bits per heavy atom. The van der Waals surface area contributed by atoms with Crippen LogP contribution in [0.3, 0.4) is 0 Å². The molecule has 18 heavy (non-hydrogen) atoms. The summed E-state index contributed by atoms with van der Waals surface area (Å²) in [5.41, 5.74) is 0.969. The third-order valence-corrected chi connectivity index (χ3v) is 3.77. The first-order valence-electron chi connectivity index (χ1n) is 5.49. The van der Waals surface area contributed by atoms with Gasteiger partial charge < -0.3 is 0 Å². The van der Waals surface area contributed by atoms with Gasteiger partial charge in [0.25, 0.3) is 10.0 Å². The normalized spacial score (nSPS) is 11.2. The summed E-state index contributed by atoms with van der Waals surface area (Å²) in [6.07, 6.45) is 5.06. The van der Waals surface area contributed by atoms with Crippen molar-refractivity contribution in [3.63, 3.8) is 0 Å². The molecule has 0 fully saturated rings. The topological polar surface area (TPSA) is 72.0 Å². The van der Waals surface area contributed by atoms with E-state index >= 15 is 0 Å². The molecule has 2 aromatic rings. The highest BCUT2D eigenvalue weighted by Crippen LogP contribution is 2.15. The van der Waals surface area contributed by atoms with E-state index in [0.717, 1.165) is 12.0 Å². The van der Waals surface area contributed by atoms with Crippen molar-refractivity contribution in [3.05, 3.63) is 48.4 Å². The number of rotatable bonds is 4. The molecule has 1 aromatic carbocycles. The molecule has 0 aliphatic carbocycles. The number of sulfonamides is 1. The van der Waals surface area contributed by atoms with Crippen molar-refractivity contribution in [2.45, 2.75) is 18.2 Å². The van der Waals surface area contributed by atoms with Gasteiger partial charge in [-0.05, 0) is 24.1 Å². The summed E-state index contributed by atoms with van der Waals surface area (Å²) in [4.78, 5) is 7.92. The molecule has 0 spiro atoms. The van der Waals surface area contributed by atoms with Crippen LogP contribution in [0.5, 0.6) is 0 Å². The summed E-state index contributed by atoms with van der Waals surface area (Å²) < 4.78 is 26.6. The summed E-state index contributed by atoms with van der Waals surface area (Å²) >= 11 is 0. The molecule has 0 saturated carbocycles. The van der Waals surface area contributed by atoms with E-state index in [1.54, 1.807) is 18.2 Å². The molecule has 0 atom stereocenters. The molecule has 0 saturated heterocycles. The average molecular weight is 263 g/mol. The average Bonchev–Trinajstić information content (AvgIpc) is 2.39. The van der Waals surface area contributed by atoms with Crippen molar-refractivity contribution in [3.8, 4) is 0 Å². The molecule has 0 aliphatic rings. The van der Waals surface area contributed by atoms with Crippen molar-refractivity contribution in [2.75, 3.05) is 4.72 Å². The Morgan fingerprint density at radius 1 is 1.28 bits per heavy atom. The maximum Gasteiger partial charge on any atom is 0.263 e. The first kappa shape index (κ1) is 12.5. The smallest absolute Gasteiger partial charge is 0.262 e. The van der Waals surface area contributed by atoms with Gasteiger partial charge in [-0.15, -0.1) is 0 Å². The molecule has 6 heteroatoms. The van der Waals surface area contributed by atoms with Crippen LogP contribution >= 0.6 is 0 Å². The van der Waals surface area contributed by atoms with Gasteiger partial charge in [-0.3, -0.25) is 9.71 Å². The first-order valence-corrected chi connectivity index (χ1v) is 6.98. The maximum absolute atomic E-state index is 12.1. The Hall–Kier alpha value is -1.95. The standard InChI is InChI=1S/C12H13N3O2S/c1-2-10-4-3-5-11(8-10)18(16,17)15-12-9-13-6-7-14-12/h3-9H,2H2,1H3,(H,14,15). The van der Waals surface area contributed by atoms with Gasteiger partial charge in [0.15, 0.2) is 5.82 Å². The van der Waals surface area contributed by atoms with Crippen molar-refractivity contribution in [1.82, 2.24) is 9.97 Å². The first-order chi connectivity index (χ1) is 8.62. The Labute approximate surface area is 106 Å². The predicted octanol–water partition coefficient (Wildman–Crippen LogP) is 1.84. The molecule has 0 radical (unpaired) electrons. The molecule has 0 unspecified atom stereocenters. The minimum Gasteiger partial charge on any atom is -0.262 e. The van der Waals surface area contributed by atoms with E-state index < -0.39 is 10.0 Å². The Morgan fingerprint density at radius 3 is 2.78 bits per heavy atom. The highest BCUT2D eigenvalue weighted by molar-refractivity contribution is 7.92. The van der Waals surface area contributed by atoms with E-state index in [9.17, 15) is 8.42 Å². The highest BCUT2D eigenvalue weighted by Gasteiger charge is 2.14. The van der Waals surface area contributed by atoms with Gasteiger partial charge >= 0.3 is 0 Å². The van der Waals surface area contributed by atoms with Gasteiger partial charge in [0, 0.05) is 12.4 Å². The van der Waals surface area contributed by atoms with Gasteiger partial charge in [0.05, 0.1) is 11.1 Å². The van der Waals surface area contributed by atoms with Gasteiger partial charge in [-0.2, -0.15) is 0 Å². The largest absolute Gasteiger partial charge is 0.263 e. The Kier molecular flexibility index (Phi) is 3.57. The lowest BCUT2D eigenvalue weighted by Crippen LogP contribution is -2.14. The molecule has 1 aromatic heterocycles. The second-order valence-electron chi connectivity index (χ2n) is 3.70. The van der Waals surface area contributed by atoms with Crippen molar-refractivity contribution < 1.29 is 8.42 Å². The zero-order valence-corrected chi connectivity index (χ0v) is 10.7. The number of aromatic nitrogens is 2. The Balaban J connectivity index is 2.31. The number of nitrogens with zero attached hydrogens (tertiary/aromatic N) is 2. The zero-order valence-electron chi connectivity index (χ0n) is 9.87. The Bertz CT molecular complexity index is 627. The number of anilines is 1. The van der Waals surface area contributed by atoms with Gasteiger partial charge in [0.1, 0.15) is 0 Å². The van der Waals surface area contributed by atoms with E-state index in [1.807, 2.05) is 13.0 Å². The van der Waals surface area contributed by atoms with Crippen molar-refractivity contribution >= 4 is 15.8 Å². The van der Waals surface area contributed by atoms with Crippen LogP contribution in [0, 0.1) is 0 Å². The fourth-order valence-corrected chi connectivity index (χ4v) is 2.54. The summed E-state index contributed by atoms with van der Waals surface area (Å²) in [5, 5.41) is 0. The minimum atomic E-state index is -3.60. The second kappa shape index (κ2) is 5.14. The lowest BCUT2D eigenvalue weighted by Gasteiger charge is -2.07. The van der Waals surface area contributed by atoms with E-state index in [1.165, 1.54) is 18.6 Å². The van der Waals surface area contributed by atoms with Crippen LogP contribution in [0.1, 0.15) is 12.5 Å². The predicted molar refractivity (Wildman–Crippen MR) is 68.7 cm³/mol. The number of aryl methyl sites for hydroxylation is 1. The molecule has 0 amide bonds. The molecule has 0 bridgehead atoms. The molecule has 0 aliphatic heterocycles. The van der Waals surface area contributed by atoms with Crippen LogP contribution in [0.15, 0.2) is 47.8 Å². The van der Waals surface area contributed by atoms with Crippen LogP contribution in [-0.4, -0.2) is 18.4 Å². The van der Waals surface area contributed by atoms with Crippen molar-refractivity contribution in [1.29, 1.82) is 0 Å². The molecular formula is C12H13N3O2S. The highest BCUT2D eigenvalue weighted by atomic mass is 32.2. The van der Waals surface area contributed by atoms with E-state index in [-0.39, 0.29) is 10.7 Å². The fraction of sp³-hybridized carbons (Fsp3) is 0.167. The van der Waals surface area contributed by atoms with Gasteiger partial charge in [0.2, 0.25) is 0 Å². The molecular weight excluding hydrogens is 250 g/mol.